The zero-order valence-corrected chi connectivity index (χ0v) is 22.0. The van der Waals surface area contributed by atoms with Crippen molar-refractivity contribution in [3.63, 3.8) is 0 Å². The summed E-state index contributed by atoms with van der Waals surface area (Å²) in [6, 6.07) is 21.6. The number of carbonyl (C=O) groups is 1. The molecule has 3 aromatic carbocycles. The number of nitrogens with one attached hydrogen (secondary N) is 2. The van der Waals surface area contributed by atoms with Crippen molar-refractivity contribution in [3.05, 3.63) is 95.1 Å². The number of sulfonamides is 1. The van der Waals surface area contributed by atoms with E-state index in [0.29, 0.717) is 39.8 Å². The van der Waals surface area contributed by atoms with Gasteiger partial charge in [-0.3, -0.25) is 0 Å². The molecule has 0 bridgehead atoms. The van der Waals surface area contributed by atoms with E-state index in [0.717, 1.165) is 17.4 Å². The van der Waals surface area contributed by atoms with Crippen LogP contribution in [0, 0.1) is 0 Å². The van der Waals surface area contributed by atoms with Gasteiger partial charge in [-0.05, 0) is 43.2 Å². The highest BCUT2D eigenvalue weighted by atomic mass is 32.2. The van der Waals surface area contributed by atoms with Crippen LogP contribution in [-0.2, 0) is 14.8 Å². The van der Waals surface area contributed by atoms with E-state index in [1.54, 1.807) is 25.1 Å². The molecule has 0 aliphatic heterocycles. The smallest absolute Gasteiger partial charge is 0.338 e. The molecular formula is C28H30N4O5S. The summed E-state index contributed by atoms with van der Waals surface area (Å²) in [7, 11) is -3.27. The number of aromatic hydroxyl groups is 1. The zero-order valence-electron chi connectivity index (χ0n) is 21.1. The van der Waals surface area contributed by atoms with E-state index >= 15 is 0 Å². The van der Waals surface area contributed by atoms with Gasteiger partial charge in [-0.15, -0.1) is 0 Å². The number of aromatic amines is 1. The maximum Gasteiger partial charge on any atom is 0.338 e. The Balaban J connectivity index is 1.69. The summed E-state index contributed by atoms with van der Waals surface area (Å²) >= 11 is 0. The van der Waals surface area contributed by atoms with Crippen LogP contribution in [0.1, 0.15) is 46.4 Å². The minimum absolute atomic E-state index is 0.0689. The fourth-order valence-electron chi connectivity index (χ4n) is 4.12. The number of fused-ring (bicyclic) bond motifs is 1. The summed E-state index contributed by atoms with van der Waals surface area (Å²) in [6.45, 7) is 2.26. The molecule has 0 aliphatic rings. The number of hydrogen-bond donors (Lipinski definition) is 4. The molecule has 10 heteroatoms. The molecule has 0 fully saturated rings. The number of esters is 1. The molecule has 1 heterocycles. The van der Waals surface area contributed by atoms with Crippen LogP contribution in [0.3, 0.4) is 0 Å². The highest BCUT2D eigenvalue weighted by molar-refractivity contribution is 7.88. The Morgan fingerprint density at radius 3 is 2.45 bits per heavy atom. The van der Waals surface area contributed by atoms with Crippen molar-refractivity contribution in [1.29, 1.82) is 0 Å². The number of aliphatic imine (C=N–C) groups is 1. The van der Waals surface area contributed by atoms with Crippen LogP contribution in [0.4, 0.5) is 5.69 Å². The molecule has 198 valence electrons. The summed E-state index contributed by atoms with van der Waals surface area (Å²) in [4.78, 5) is 20.0. The lowest BCUT2D eigenvalue weighted by molar-refractivity contribution is 0.0526. The predicted octanol–water partition coefficient (Wildman–Crippen LogP) is 4.16. The summed E-state index contributed by atoms with van der Waals surface area (Å²) < 4.78 is 30.1. The van der Waals surface area contributed by atoms with Crippen LogP contribution in [0.15, 0.2) is 77.8 Å². The molecule has 1 aromatic heterocycles. The third kappa shape index (κ3) is 6.46. The molecular weight excluding hydrogens is 504 g/mol. The number of H-pyrrole nitrogens is 1. The molecule has 0 saturated heterocycles. The Hall–Kier alpha value is -3.99. The number of ether oxygens (including phenoxy) is 1. The van der Waals surface area contributed by atoms with Gasteiger partial charge in [-0.1, -0.05) is 48.5 Å². The lowest BCUT2D eigenvalue weighted by Crippen LogP contribution is -2.26. The highest BCUT2D eigenvalue weighted by Crippen LogP contribution is 2.32. The van der Waals surface area contributed by atoms with Gasteiger partial charge >= 0.3 is 5.97 Å². The van der Waals surface area contributed by atoms with Crippen LogP contribution >= 0.6 is 0 Å². The largest absolute Gasteiger partial charge is 0.494 e. The first kappa shape index (κ1) is 27.1. The second-order valence-corrected chi connectivity index (χ2v) is 10.6. The van der Waals surface area contributed by atoms with Gasteiger partial charge in [0.1, 0.15) is 0 Å². The molecule has 1 unspecified atom stereocenters. The molecule has 1 atom stereocenters. The van der Waals surface area contributed by atoms with Crippen molar-refractivity contribution >= 4 is 38.3 Å². The zero-order chi connectivity index (χ0) is 27.3. The van der Waals surface area contributed by atoms with E-state index in [9.17, 15) is 18.3 Å². The molecule has 9 nitrogen and oxygen atoms in total. The average molecular weight is 535 g/mol. The van der Waals surface area contributed by atoms with Gasteiger partial charge in [0.15, 0.2) is 5.88 Å². The molecule has 0 aliphatic carbocycles. The lowest BCUT2D eigenvalue weighted by atomic mass is 10.00. The fraction of sp³-hybridized carbons (Fsp3) is 0.214. The summed E-state index contributed by atoms with van der Waals surface area (Å²) in [5.41, 5.74) is 10.5. The standard InChI is InChI=1S/C28H30N4O5S/c1-3-37-28(34)20-11-14-22-24(17-20)32-27(33)25(22)26(19-7-5-4-6-8-19)31-21-12-9-18(10-13-21)23(29)15-16-30-38(2,35)36/h4-14,17,23,30,32-33H,3,15-16,29H2,1-2H3. The second kappa shape index (κ2) is 11.6. The van der Waals surface area contributed by atoms with Crippen molar-refractivity contribution in [1.82, 2.24) is 9.71 Å². The van der Waals surface area contributed by atoms with Gasteiger partial charge in [0.05, 0.1) is 35.4 Å². The molecule has 4 aromatic rings. The van der Waals surface area contributed by atoms with Crippen LogP contribution in [-0.4, -0.2) is 49.6 Å². The maximum absolute atomic E-state index is 12.2. The fourth-order valence-corrected chi connectivity index (χ4v) is 4.61. The number of rotatable bonds is 10. The van der Waals surface area contributed by atoms with E-state index < -0.39 is 16.0 Å². The number of nitrogens with two attached hydrogens (primary N) is 1. The average Bonchev–Trinajstić information content (AvgIpc) is 3.22. The second-order valence-electron chi connectivity index (χ2n) is 8.81. The van der Waals surface area contributed by atoms with Gasteiger partial charge in [-0.2, -0.15) is 0 Å². The van der Waals surface area contributed by atoms with Crippen molar-refractivity contribution in [2.24, 2.45) is 10.7 Å². The van der Waals surface area contributed by atoms with E-state index in [2.05, 4.69) is 9.71 Å². The van der Waals surface area contributed by atoms with Gasteiger partial charge in [0.25, 0.3) is 0 Å². The van der Waals surface area contributed by atoms with Gasteiger partial charge in [-0.25, -0.2) is 22.9 Å². The third-order valence-electron chi connectivity index (χ3n) is 5.96. The van der Waals surface area contributed by atoms with Crippen molar-refractivity contribution in [2.75, 3.05) is 19.4 Å². The number of hydrogen-bond acceptors (Lipinski definition) is 7. The molecule has 5 N–H and O–H groups in total. The number of aromatic nitrogens is 1. The van der Waals surface area contributed by atoms with Gasteiger partial charge in [0, 0.05) is 29.1 Å². The summed E-state index contributed by atoms with van der Waals surface area (Å²) in [5, 5.41) is 11.6. The van der Waals surface area contributed by atoms with Gasteiger partial charge < -0.3 is 20.6 Å². The lowest BCUT2D eigenvalue weighted by Gasteiger charge is -2.13. The highest BCUT2D eigenvalue weighted by Gasteiger charge is 2.20. The first-order chi connectivity index (χ1) is 18.2. The molecule has 0 spiro atoms. The first-order valence-electron chi connectivity index (χ1n) is 12.1. The predicted molar refractivity (Wildman–Crippen MR) is 148 cm³/mol. The van der Waals surface area contributed by atoms with Crippen LogP contribution in [0.5, 0.6) is 5.88 Å². The first-order valence-corrected chi connectivity index (χ1v) is 14.0. The molecule has 0 saturated carbocycles. The normalized spacial score (nSPS) is 13.0. The summed E-state index contributed by atoms with van der Waals surface area (Å²) in [6.07, 6.45) is 1.56. The monoisotopic (exact) mass is 534 g/mol. The molecule has 0 amide bonds. The minimum atomic E-state index is -3.27. The Morgan fingerprint density at radius 2 is 1.79 bits per heavy atom. The number of nitrogens with zero attached hydrogens (tertiary/aromatic N) is 1. The van der Waals surface area contributed by atoms with Gasteiger partial charge in [0.2, 0.25) is 10.0 Å². The van der Waals surface area contributed by atoms with E-state index in [-0.39, 0.29) is 25.1 Å². The number of carbonyl (C=O) groups excluding carboxylic acids is 1. The third-order valence-corrected chi connectivity index (χ3v) is 6.68. The Morgan fingerprint density at radius 1 is 1.08 bits per heavy atom. The Kier molecular flexibility index (Phi) is 8.26. The SMILES string of the molecule is CCOC(=O)c1ccc2c(C(=Nc3ccc(C(N)CCNS(C)(=O)=O)cc3)c3ccccc3)c(O)[nH]c2c1. The van der Waals surface area contributed by atoms with Crippen molar-refractivity contribution in [3.8, 4) is 5.88 Å². The summed E-state index contributed by atoms with van der Waals surface area (Å²) in [5.74, 6) is -0.506. The van der Waals surface area contributed by atoms with Crippen LogP contribution < -0.4 is 10.5 Å². The quantitative estimate of drug-likeness (QED) is 0.177. The molecule has 0 radical (unpaired) electrons. The Labute approximate surface area is 221 Å². The van der Waals surface area contributed by atoms with E-state index in [1.807, 2.05) is 54.6 Å². The maximum atomic E-state index is 12.2. The number of benzene rings is 3. The molecule has 4 rings (SSSR count). The van der Waals surface area contributed by atoms with E-state index in [4.69, 9.17) is 15.5 Å². The van der Waals surface area contributed by atoms with Crippen molar-refractivity contribution < 1.29 is 23.1 Å². The molecule has 38 heavy (non-hydrogen) atoms. The van der Waals surface area contributed by atoms with Crippen LogP contribution in [0.2, 0.25) is 0 Å². The van der Waals surface area contributed by atoms with Crippen molar-refractivity contribution in [2.45, 2.75) is 19.4 Å². The topological polar surface area (TPSA) is 147 Å². The van der Waals surface area contributed by atoms with E-state index in [1.165, 1.54) is 0 Å². The van der Waals surface area contributed by atoms with Crippen LogP contribution in [0.25, 0.3) is 10.9 Å². The minimum Gasteiger partial charge on any atom is -0.494 e. The Bertz CT molecular complexity index is 1560.